The standard InChI is InChI=1S/C15H25NO3/c1-14(16,12-2-3-12)13(17)11-4-7-19-15(10-11)5-8-18-9-6-15/h11-12H,2-10,16H2,1H3. The van der Waals surface area contributed by atoms with Gasteiger partial charge in [0.2, 0.25) is 0 Å². The molecule has 0 radical (unpaired) electrons. The lowest BCUT2D eigenvalue weighted by molar-refractivity contribution is -0.159. The molecule has 1 spiro atoms. The zero-order valence-electron chi connectivity index (χ0n) is 11.8. The number of rotatable bonds is 3. The fourth-order valence-electron chi connectivity index (χ4n) is 3.67. The summed E-state index contributed by atoms with van der Waals surface area (Å²) in [5.41, 5.74) is 5.57. The minimum Gasteiger partial charge on any atom is -0.381 e. The van der Waals surface area contributed by atoms with E-state index in [1.165, 1.54) is 0 Å². The van der Waals surface area contributed by atoms with Crippen LogP contribution in [0.15, 0.2) is 0 Å². The normalized spacial score (nSPS) is 33.9. The predicted molar refractivity (Wildman–Crippen MR) is 71.8 cm³/mol. The zero-order chi connectivity index (χ0) is 13.5. The van der Waals surface area contributed by atoms with Crippen molar-refractivity contribution in [1.29, 1.82) is 0 Å². The van der Waals surface area contributed by atoms with Gasteiger partial charge in [0.1, 0.15) is 0 Å². The summed E-state index contributed by atoms with van der Waals surface area (Å²) >= 11 is 0. The highest BCUT2D eigenvalue weighted by atomic mass is 16.5. The molecule has 3 aliphatic rings. The molecule has 0 aromatic rings. The van der Waals surface area contributed by atoms with Gasteiger partial charge in [-0.15, -0.1) is 0 Å². The fraction of sp³-hybridized carbons (Fsp3) is 0.933. The first kappa shape index (κ1) is 13.5. The average Bonchev–Trinajstić information content (AvgIpc) is 3.23. The largest absolute Gasteiger partial charge is 0.381 e. The Morgan fingerprint density at radius 2 is 1.89 bits per heavy atom. The number of hydrogen-bond donors (Lipinski definition) is 1. The van der Waals surface area contributed by atoms with Crippen LogP contribution < -0.4 is 5.73 Å². The number of nitrogens with two attached hydrogens (primary N) is 1. The zero-order valence-corrected chi connectivity index (χ0v) is 11.8. The molecule has 4 heteroatoms. The van der Waals surface area contributed by atoms with Crippen molar-refractivity contribution in [3.63, 3.8) is 0 Å². The van der Waals surface area contributed by atoms with Crippen LogP contribution in [-0.2, 0) is 14.3 Å². The van der Waals surface area contributed by atoms with Gasteiger partial charge in [-0.25, -0.2) is 0 Å². The van der Waals surface area contributed by atoms with E-state index in [0.717, 1.165) is 51.7 Å². The van der Waals surface area contributed by atoms with Crippen molar-refractivity contribution in [1.82, 2.24) is 0 Å². The van der Waals surface area contributed by atoms with E-state index in [9.17, 15) is 4.79 Å². The van der Waals surface area contributed by atoms with E-state index in [0.29, 0.717) is 12.5 Å². The first-order valence-electron chi connectivity index (χ1n) is 7.58. The van der Waals surface area contributed by atoms with E-state index in [-0.39, 0.29) is 17.3 Å². The quantitative estimate of drug-likeness (QED) is 0.844. The molecule has 2 N–H and O–H groups in total. The first-order chi connectivity index (χ1) is 9.04. The summed E-state index contributed by atoms with van der Waals surface area (Å²) in [6.07, 6.45) is 5.74. The highest BCUT2D eigenvalue weighted by Crippen LogP contribution is 2.43. The van der Waals surface area contributed by atoms with Gasteiger partial charge >= 0.3 is 0 Å². The van der Waals surface area contributed by atoms with Crippen LogP contribution in [0.2, 0.25) is 0 Å². The van der Waals surface area contributed by atoms with Crippen molar-refractivity contribution >= 4 is 5.78 Å². The number of ether oxygens (including phenoxy) is 2. The Labute approximate surface area is 115 Å². The van der Waals surface area contributed by atoms with E-state index < -0.39 is 5.54 Å². The maximum Gasteiger partial charge on any atom is 0.155 e. The molecule has 1 aliphatic carbocycles. The molecule has 108 valence electrons. The lowest BCUT2D eigenvalue weighted by Gasteiger charge is -2.44. The van der Waals surface area contributed by atoms with Crippen LogP contribution in [0.3, 0.4) is 0 Å². The van der Waals surface area contributed by atoms with Crippen LogP contribution >= 0.6 is 0 Å². The molecule has 2 atom stereocenters. The number of carbonyl (C=O) groups excluding carboxylic acids is 1. The van der Waals surface area contributed by atoms with Crippen LogP contribution in [0.1, 0.15) is 45.4 Å². The smallest absolute Gasteiger partial charge is 0.155 e. The molecule has 19 heavy (non-hydrogen) atoms. The van der Waals surface area contributed by atoms with Gasteiger partial charge in [0.25, 0.3) is 0 Å². The molecule has 0 aromatic carbocycles. The third-order valence-electron chi connectivity index (χ3n) is 5.22. The summed E-state index contributed by atoms with van der Waals surface area (Å²) in [4.78, 5) is 12.7. The van der Waals surface area contributed by atoms with Gasteiger partial charge in [-0.1, -0.05) is 0 Å². The van der Waals surface area contributed by atoms with E-state index >= 15 is 0 Å². The number of carbonyl (C=O) groups is 1. The second-order valence-electron chi connectivity index (χ2n) is 6.75. The summed E-state index contributed by atoms with van der Waals surface area (Å²) in [5, 5.41) is 0. The summed E-state index contributed by atoms with van der Waals surface area (Å²) in [5.74, 6) is 0.764. The lowest BCUT2D eigenvalue weighted by atomic mass is 9.74. The molecule has 3 rings (SSSR count). The summed E-state index contributed by atoms with van der Waals surface area (Å²) in [6.45, 7) is 4.13. The van der Waals surface area contributed by atoms with Crippen molar-refractivity contribution < 1.29 is 14.3 Å². The topological polar surface area (TPSA) is 61.6 Å². The van der Waals surface area contributed by atoms with Crippen molar-refractivity contribution in [2.75, 3.05) is 19.8 Å². The van der Waals surface area contributed by atoms with E-state index in [1.54, 1.807) is 0 Å². The maximum absolute atomic E-state index is 12.7. The Bertz CT molecular complexity index is 351. The highest BCUT2D eigenvalue weighted by molar-refractivity contribution is 5.90. The number of Topliss-reactive ketones (excluding diaryl/α,β-unsaturated/α-hetero) is 1. The van der Waals surface area contributed by atoms with Crippen molar-refractivity contribution in [3.05, 3.63) is 0 Å². The van der Waals surface area contributed by atoms with Gasteiger partial charge in [0.05, 0.1) is 11.1 Å². The molecule has 2 unspecified atom stereocenters. The molecule has 0 aromatic heterocycles. The van der Waals surface area contributed by atoms with Crippen molar-refractivity contribution in [2.45, 2.75) is 56.6 Å². The Balaban J connectivity index is 1.69. The lowest BCUT2D eigenvalue weighted by Crippen LogP contribution is -2.54. The van der Waals surface area contributed by atoms with Crippen LogP contribution in [0.5, 0.6) is 0 Å². The molecule has 2 aliphatic heterocycles. The highest BCUT2D eigenvalue weighted by Gasteiger charge is 2.49. The molecule has 3 fully saturated rings. The Morgan fingerprint density at radius 1 is 1.21 bits per heavy atom. The van der Waals surface area contributed by atoms with Crippen molar-refractivity contribution in [3.8, 4) is 0 Å². The van der Waals surface area contributed by atoms with Gasteiger partial charge in [0.15, 0.2) is 5.78 Å². The molecule has 0 amide bonds. The van der Waals surface area contributed by atoms with Gasteiger partial charge in [-0.05, 0) is 51.4 Å². The van der Waals surface area contributed by atoms with E-state index in [2.05, 4.69) is 0 Å². The molecule has 2 heterocycles. The minimum atomic E-state index is -0.617. The number of hydrogen-bond acceptors (Lipinski definition) is 4. The molecular weight excluding hydrogens is 242 g/mol. The number of ketones is 1. The summed E-state index contributed by atoms with van der Waals surface area (Å²) in [7, 11) is 0. The third-order valence-corrected chi connectivity index (χ3v) is 5.22. The molecule has 0 bridgehead atoms. The second kappa shape index (κ2) is 4.83. The van der Waals surface area contributed by atoms with Crippen LogP contribution in [0, 0.1) is 11.8 Å². The van der Waals surface area contributed by atoms with Gasteiger partial charge in [0, 0.05) is 25.7 Å². The molecule has 4 nitrogen and oxygen atoms in total. The fourth-order valence-corrected chi connectivity index (χ4v) is 3.67. The van der Waals surface area contributed by atoms with E-state index in [1.807, 2.05) is 6.92 Å². The molecule has 1 saturated carbocycles. The Morgan fingerprint density at radius 3 is 2.53 bits per heavy atom. The van der Waals surface area contributed by atoms with Gasteiger partial charge in [-0.3, -0.25) is 4.79 Å². The van der Waals surface area contributed by atoms with Gasteiger partial charge < -0.3 is 15.2 Å². The second-order valence-corrected chi connectivity index (χ2v) is 6.75. The van der Waals surface area contributed by atoms with Gasteiger partial charge in [-0.2, -0.15) is 0 Å². The van der Waals surface area contributed by atoms with Crippen molar-refractivity contribution in [2.24, 2.45) is 17.6 Å². The first-order valence-corrected chi connectivity index (χ1v) is 7.58. The summed E-state index contributed by atoms with van der Waals surface area (Å²) < 4.78 is 11.4. The Kier molecular flexibility index (Phi) is 3.44. The minimum absolute atomic E-state index is 0.0856. The Hall–Kier alpha value is -0.450. The average molecular weight is 267 g/mol. The van der Waals surface area contributed by atoms with E-state index in [4.69, 9.17) is 15.2 Å². The molecular formula is C15H25NO3. The monoisotopic (exact) mass is 267 g/mol. The van der Waals surface area contributed by atoms with Crippen LogP contribution in [-0.4, -0.2) is 36.7 Å². The molecule has 2 saturated heterocycles. The predicted octanol–water partition coefficient (Wildman–Crippen LogP) is 1.66. The maximum atomic E-state index is 12.7. The van der Waals surface area contributed by atoms with Crippen LogP contribution in [0.4, 0.5) is 0 Å². The summed E-state index contributed by atoms with van der Waals surface area (Å²) in [6, 6.07) is 0. The third kappa shape index (κ3) is 2.58. The van der Waals surface area contributed by atoms with Crippen LogP contribution in [0.25, 0.3) is 0 Å². The SMILES string of the molecule is CC(N)(C(=O)C1CCOC2(CCOCC2)C1)C1CC1.